The van der Waals surface area contributed by atoms with Gasteiger partial charge < -0.3 is 10.6 Å². The fraction of sp³-hybridized carbons (Fsp3) is 0.759. The number of hydrogen-bond donors (Lipinski definition) is 2. The SMILES string of the molecule is O=C(NCC1CCNCC1)c1ccc(C2CCC3(CC2)OOC2(OO3)C3CC4CC(C3)CC2C4)cc1. The topological polar surface area (TPSA) is 78.1 Å². The molecule has 7 nitrogen and oxygen atoms in total. The van der Waals surface area contributed by atoms with E-state index in [0.29, 0.717) is 23.7 Å². The molecule has 7 aliphatic rings. The number of amides is 1. The second-order valence-electron chi connectivity index (χ2n) is 12.6. The molecule has 36 heavy (non-hydrogen) atoms. The minimum atomic E-state index is -0.787. The maximum Gasteiger partial charge on any atom is 0.251 e. The smallest absolute Gasteiger partial charge is 0.251 e. The van der Waals surface area contributed by atoms with E-state index < -0.39 is 11.6 Å². The molecule has 0 atom stereocenters. The lowest BCUT2D eigenvalue weighted by Gasteiger charge is -2.60. The molecule has 196 valence electrons. The van der Waals surface area contributed by atoms with Gasteiger partial charge >= 0.3 is 0 Å². The first kappa shape index (κ1) is 23.6. The highest BCUT2D eigenvalue weighted by Crippen LogP contribution is 2.62. The second kappa shape index (κ2) is 9.35. The molecule has 0 aromatic heterocycles. The lowest BCUT2D eigenvalue weighted by Crippen LogP contribution is -2.64. The van der Waals surface area contributed by atoms with Crippen molar-refractivity contribution in [1.29, 1.82) is 0 Å². The Kier molecular flexibility index (Phi) is 6.13. The standard InChI is InChI=1S/C29H40N2O5/c32-27(31-18-19-7-11-30-12-8-19)24-3-1-22(2-4-24)23-5-9-28(10-6-23)33-35-29(36-34-28)25-14-20-13-21(16-25)17-26(29)15-20/h1-4,19-21,23,25-26,30H,5-18H2,(H,31,32). The van der Waals surface area contributed by atoms with E-state index in [2.05, 4.69) is 22.8 Å². The summed E-state index contributed by atoms with van der Waals surface area (Å²) in [6.07, 6.45) is 11.8. The van der Waals surface area contributed by atoms with Crippen molar-refractivity contribution in [2.45, 2.75) is 88.1 Å². The molecule has 1 amide bonds. The predicted octanol–water partition coefficient (Wildman–Crippen LogP) is 4.83. The highest BCUT2D eigenvalue weighted by molar-refractivity contribution is 5.94. The van der Waals surface area contributed by atoms with Gasteiger partial charge in [0, 0.05) is 36.8 Å². The second-order valence-corrected chi connectivity index (χ2v) is 12.6. The Morgan fingerprint density at radius 1 is 0.833 bits per heavy atom. The van der Waals surface area contributed by atoms with Crippen LogP contribution in [-0.2, 0) is 19.6 Å². The number of rotatable bonds is 4. The molecular weight excluding hydrogens is 456 g/mol. The molecule has 8 rings (SSSR count). The van der Waals surface area contributed by atoms with Crippen molar-refractivity contribution in [1.82, 2.24) is 10.6 Å². The molecule has 0 unspecified atom stereocenters. The molecule has 2 spiro atoms. The largest absolute Gasteiger partial charge is 0.352 e. The van der Waals surface area contributed by atoms with E-state index in [4.69, 9.17) is 19.6 Å². The molecular formula is C29H40N2O5. The Bertz CT molecular complexity index is 911. The van der Waals surface area contributed by atoms with E-state index >= 15 is 0 Å². The Hall–Kier alpha value is -1.51. The maximum atomic E-state index is 12.6. The van der Waals surface area contributed by atoms with Crippen LogP contribution in [0.3, 0.4) is 0 Å². The van der Waals surface area contributed by atoms with Crippen LogP contribution in [0.2, 0.25) is 0 Å². The number of hydrogen-bond acceptors (Lipinski definition) is 6. The van der Waals surface area contributed by atoms with Crippen molar-refractivity contribution >= 4 is 5.91 Å². The molecule has 1 aromatic carbocycles. The molecule has 2 aliphatic heterocycles. The number of nitrogens with one attached hydrogen (secondary N) is 2. The van der Waals surface area contributed by atoms with Crippen LogP contribution in [0.25, 0.3) is 0 Å². The minimum Gasteiger partial charge on any atom is -0.352 e. The van der Waals surface area contributed by atoms with Crippen LogP contribution in [0.1, 0.15) is 92.5 Å². The molecule has 0 radical (unpaired) electrons. The van der Waals surface area contributed by atoms with Crippen molar-refractivity contribution in [2.75, 3.05) is 19.6 Å². The third kappa shape index (κ3) is 4.21. The van der Waals surface area contributed by atoms with Crippen molar-refractivity contribution in [3.8, 4) is 0 Å². The van der Waals surface area contributed by atoms with Crippen LogP contribution in [0.15, 0.2) is 24.3 Å². The summed E-state index contributed by atoms with van der Waals surface area (Å²) in [5.41, 5.74) is 2.01. The van der Waals surface area contributed by atoms with Crippen LogP contribution in [0.5, 0.6) is 0 Å². The quantitative estimate of drug-likeness (QED) is 0.582. The number of piperidine rings is 1. The average molecular weight is 497 g/mol. The molecule has 7 fully saturated rings. The van der Waals surface area contributed by atoms with Crippen molar-refractivity contribution in [3.05, 3.63) is 35.4 Å². The summed E-state index contributed by atoms with van der Waals surface area (Å²) in [5.74, 6) is 2.04. The number of benzene rings is 1. The van der Waals surface area contributed by atoms with E-state index in [1.165, 1.54) is 37.7 Å². The zero-order valence-corrected chi connectivity index (χ0v) is 21.2. The molecule has 7 heteroatoms. The number of carbonyl (C=O) groups is 1. The maximum absolute atomic E-state index is 12.6. The summed E-state index contributed by atoms with van der Waals surface area (Å²) < 4.78 is 0. The highest BCUT2D eigenvalue weighted by Gasteiger charge is 2.64. The molecule has 2 saturated heterocycles. The monoisotopic (exact) mass is 496 g/mol. The molecule has 4 bridgehead atoms. The third-order valence-corrected chi connectivity index (χ3v) is 10.3. The first-order chi connectivity index (χ1) is 17.6. The lowest BCUT2D eigenvalue weighted by molar-refractivity contribution is -0.680. The van der Waals surface area contributed by atoms with Gasteiger partial charge in [-0.1, -0.05) is 12.1 Å². The van der Waals surface area contributed by atoms with Crippen LogP contribution >= 0.6 is 0 Å². The van der Waals surface area contributed by atoms with E-state index in [0.717, 1.165) is 75.6 Å². The van der Waals surface area contributed by atoms with Gasteiger partial charge in [-0.25, -0.2) is 0 Å². The van der Waals surface area contributed by atoms with Crippen molar-refractivity contribution < 1.29 is 24.3 Å². The van der Waals surface area contributed by atoms with Gasteiger partial charge in [-0.2, -0.15) is 19.6 Å². The van der Waals surface area contributed by atoms with Gasteiger partial charge in [0.25, 0.3) is 5.91 Å². The third-order valence-electron chi connectivity index (χ3n) is 10.3. The van der Waals surface area contributed by atoms with E-state index in [9.17, 15) is 4.79 Å². The van der Waals surface area contributed by atoms with Gasteiger partial charge in [0.1, 0.15) is 0 Å². The zero-order valence-electron chi connectivity index (χ0n) is 21.2. The Balaban J connectivity index is 0.918. The zero-order chi connectivity index (χ0) is 24.2. The summed E-state index contributed by atoms with van der Waals surface area (Å²) in [7, 11) is 0. The summed E-state index contributed by atoms with van der Waals surface area (Å²) in [6, 6.07) is 8.16. The molecule has 5 saturated carbocycles. The number of carbonyl (C=O) groups excluding carboxylic acids is 1. The van der Waals surface area contributed by atoms with Gasteiger partial charge in [-0.3, -0.25) is 4.79 Å². The summed E-state index contributed by atoms with van der Waals surface area (Å²) in [4.78, 5) is 37.2. The van der Waals surface area contributed by atoms with Crippen LogP contribution in [0, 0.1) is 29.6 Å². The van der Waals surface area contributed by atoms with Crippen LogP contribution in [0.4, 0.5) is 0 Å². The fourth-order valence-corrected chi connectivity index (χ4v) is 8.31. The van der Waals surface area contributed by atoms with Gasteiger partial charge in [0.05, 0.1) is 0 Å². The summed E-state index contributed by atoms with van der Waals surface area (Å²) in [5, 5.41) is 6.50. The first-order valence-electron chi connectivity index (χ1n) is 14.4. The normalized spacial score (nSPS) is 42.2. The summed E-state index contributed by atoms with van der Waals surface area (Å²) >= 11 is 0. The van der Waals surface area contributed by atoms with Crippen LogP contribution < -0.4 is 10.6 Å². The highest BCUT2D eigenvalue weighted by atomic mass is 17.4. The molecule has 1 aromatic rings. The van der Waals surface area contributed by atoms with E-state index in [1.807, 2.05) is 12.1 Å². The van der Waals surface area contributed by atoms with E-state index in [-0.39, 0.29) is 5.91 Å². The minimum absolute atomic E-state index is 0.0275. The first-order valence-corrected chi connectivity index (χ1v) is 14.4. The predicted molar refractivity (Wildman–Crippen MR) is 132 cm³/mol. The van der Waals surface area contributed by atoms with E-state index in [1.54, 1.807) is 0 Å². The van der Waals surface area contributed by atoms with Crippen molar-refractivity contribution in [3.63, 3.8) is 0 Å². The fourth-order valence-electron chi connectivity index (χ4n) is 8.31. The average Bonchev–Trinajstić information content (AvgIpc) is 2.92. The van der Waals surface area contributed by atoms with Crippen molar-refractivity contribution in [2.24, 2.45) is 29.6 Å². The van der Waals surface area contributed by atoms with Gasteiger partial charge in [0.2, 0.25) is 11.6 Å². The lowest BCUT2D eigenvalue weighted by atomic mass is 9.53. The Morgan fingerprint density at radius 3 is 2.06 bits per heavy atom. The van der Waals surface area contributed by atoms with Gasteiger partial charge in [0.15, 0.2) is 0 Å². The Labute approximate surface area is 213 Å². The van der Waals surface area contributed by atoms with Crippen LogP contribution in [-0.4, -0.2) is 37.1 Å². The summed E-state index contributed by atoms with van der Waals surface area (Å²) in [6.45, 7) is 2.87. The van der Waals surface area contributed by atoms with Gasteiger partial charge in [-0.15, -0.1) is 0 Å². The molecule has 2 N–H and O–H groups in total. The Morgan fingerprint density at radius 2 is 1.44 bits per heavy atom. The van der Waals surface area contributed by atoms with Gasteiger partial charge in [-0.05, 0) is 112 Å². The molecule has 2 heterocycles. The molecule has 5 aliphatic carbocycles.